The van der Waals surface area contributed by atoms with Gasteiger partial charge in [0.15, 0.2) is 0 Å². The van der Waals surface area contributed by atoms with E-state index in [1.165, 1.54) is 53.0 Å². The van der Waals surface area contributed by atoms with E-state index in [4.69, 9.17) is 0 Å². The second-order valence-corrected chi connectivity index (χ2v) is 7.73. The first-order valence-electron chi connectivity index (χ1n) is 9.03. The van der Waals surface area contributed by atoms with Crippen molar-refractivity contribution in [2.24, 2.45) is 0 Å². The predicted octanol–water partition coefficient (Wildman–Crippen LogP) is 3.56. The van der Waals surface area contributed by atoms with Crippen LogP contribution in [0.25, 0.3) is 0 Å². The summed E-state index contributed by atoms with van der Waals surface area (Å²) in [7, 11) is 1.20. The number of anilines is 2. The van der Waals surface area contributed by atoms with Gasteiger partial charge in [-0.1, -0.05) is 23.5 Å². The number of methoxy groups -OCH3 is 1. The van der Waals surface area contributed by atoms with Gasteiger partial charge in [0.25, 0.3) is 0 Å². The van der Waals surface area contributed by atoms with Crippen molar-refractivity contribution in [3.05, 3.63) is 80.3 Å². The van der Waals surface area contributed by atoms with E-state index in [0.29, 0.717) is 16.1 Å². The lowest BCUT2D eigenvalue weighted by Gasteiger charge is -2.32. The van der Waals surface area contributed by atoms with Gasteiger partial charge in [-0.05, 0) is 42.0 Å². The minimum absolute atomic E-state index is 0.0359. The lowest BCUT2D eigenvalue weighted by atomic mass is 9.90. The average molecular weight is 430 g/mol. The summed E-state index contributed by atoms with van der Waals surface area (Å²) < 4.78 is 32.7. The molecule has 6 nitrogen and oxygen atoms in total. The number of rotatable bonds is 4. The van der Waals surface area contributed by atoms with Crippen molar-refractivity contribution in [3.63, 3.8) is 0 Å². The molecule has 0 radical (unpaired) electrons. The molecule has 1 aliphatic rings. The molecule has 1 aromatic heterocycles. The second-order valence-electron chi connectivity index (χ2n) is 6.73. The summed E-state index contributed by atoms with van der Waals surface area (Å²) in [5, 5.41) is 0. The van der Waals surface area contributed by atoms with Crippen molar-refractivity contribution in [1.82, 2.24) is 4.57 Å². The Kier molecular flexibility index (Phi) is 5.21. The van der Waals surface area contributed by atoms with Gasteiger partial charge in [-0.2, -0.15) is 0 Å². The van der Waals surface area contributed by atoms with Gasteiger partial charge in [-0.3, -0.25) is 23.9 Å². The Bertz CT molecular complexity index is 1170. The molecule has 0 fully saturated rings. The van der Waals surface area contributed by atoms with E-state index < -0.39 is 28.4 Å². The van der Waals surface area contributed by atoms with E-state index in [-0.39, 0.29) is 24.7 Å². The fraction of sp³-hybridized carbons (Fsp3) is 0.190. The molecule has 0 saturated carbocycles. The topological polar surface area (TPSA) is 68.6 Å². The van der Waals surface area contributed by atoms with Crippen LogP contribution in [0.5, 0.6) is 0 Å². The number of carbonyl (C=O) groups excluding carboxylic acids is 2. The highest BCUT2D eigenvalue weighted by Crippen LogP contribution is 2.44. The zero-order valence-electron chi connectivity index (χ0n) is 15.8. The van der Waals surface area contributed by atoms with Gasteiger partial charge >= 0.3 is 10.8 Å². The number of esters is 1. The van der Waals surface area contributed by atoms with Crippen LogP contribution in [0, 0.1) is 11.6 Å². The molecule has 4 rings (SSSR count). The summed E-state index contributed by atoms with van der Waals surface area (Å²) >= 11 is 0.918. The van der Waals surface area contributed by atoms with Crippen LogP contribution in [-0.4, -0.2) is 23.6 Å². The summed E-state index contributed by atoms with van der Waals surface area (Å²) in [6.45, 7) is -0.373. The molecule has 0 N–H and O–H groups in total. The Hall–Kier alpha value is -3.33. The van der Waals surface area contributed by atoms with Gasteiger partial charge in [0.05, 0.1) is 17.7 Å². The molecule has 0 bridgehead atoms. The number of hydrogen-bond acceptors (Lipinski definition) is 5. The first kappa shape index (κ1) is 20.0. The summed E-state index contributed by atoms with van der Waals surface area (Å²) in [6.07, 6.45) is 0.0359. The van der Waals surface area contributed by atoms with E-state index in [2.05, 4.69) is 4.74 Å². The Balaban J connectivity index is 1.91. The number of amides is 1. The number of halogens is 2. The Morgan fingerprint density at radius 3 is 2.27 bits per heavy atom. The predicted molar refractivity (Wildman–Crippen MR) is 107 cm³/mol. The standard InChI is InChI=1S/C21H16F2N2O4S/c1-29-18(27)11-24-20-19(30-21(24)28)16(12-2-4-13(22)5-3-12)10-17(26)25(20)15-8-6-14(23)7-9-15/h2-9,16H,10-11H2,1H3/t16-/m1/s1. The Morgan fingerprint density at radius 1 is 1.07 bits per heavy atom. The van der Waals surface area contributed by atoms with Crippen LogP contribution in [0.4, 0.5) is 20.3 Å². The monoisotopic (exact) mass is 430 g/mol. The number of hydrogen-bond donors (Lipinski definition) is 0. The molecule has 0 unspecified atom stereocenters. The normalized spacial score (nSPS) is 15.8. The third kappa shape index (κ3) is 3.52. The molecule has 1 atom stereocenters. The molecule has 0 spiro atoms. The number of thiazole rings is 1. The maximum Gasteiger partial charge on any atom is 0.325 e. The quantitative estimate of drug-likeness (QED) is 0.594. The third-order valence-corrected chi connectivity index (χ3v) is 6.00. The number of aromatic nitrogens is 1. The van der Waals surface area contributed by atoms with Crippen molar-refractivity contribution in [1.29, 1.82) is 0 Å². The number of nitrogens with zero attached hydrogens (tertiary/aromatic N) is 2. The lowest BCUT2D eigenvalue weighted by molar-refractivity contribution is -0.141. The average Bonchev–Trinajstić information content (AvgIpc) is 3.05. The summed E-state index contributed by atoms with van der Waals surface area (Å²) in [5.74, 6) is -2.09. The molecule has 0 saturated heterocycles. The van der Waals surface area contributed by atoms with E-state index in [9.17, 15) is 23.2 Å². The summed E-state index contributed by atoms with van der Waals surface area (Å²) in [5.41, 5.74) is 1.05. The van der Waals surface area contributed by atoms with Crippen molar-refractivity contribution in [2.45, 2.75) is 18.9 Å². The van der Waals surface area contributed by atoms with Gasteiger partial charge < -0.3 is 4.74 Å². The maximum atomic E-state index is 13.4. The van der Waals surface area contributed by atoms with E-state index in [1.807, 2.05) is 0 Å². The van der Waals surface area contributed by atoms with Crippen molar-refractivity contribution >= 4 is 34.7 Å². The van der Waals surface area contributed by atoms with Crippen LogP contribution < -0.4 is 9.77 Å². The minimum atomic E-state index is -0.645. The van der Waals surface area contributed by atoms with Gasteiger partial charge in [0.1, 0.15) is 24.0 Å². The van der Waals surface area contributed by atoms with E-state index in [0.717, 1.165) is 11.3 Å². The highest BCUT2D eigenvalue weighted by Gasteiger charge is 2.38. The van der Waals surface area contributed by atoms with E-state index >= 15 is 0 Å². The highest BCUT2D eigenvalue weighted by molar-refractivity contribution is 7.10. The van der Waals surface area contributed by atoms with Crippen LogP contribution in [0.1, 0.15) is 22.8 Å². The van der Waals surface area contributed by atoms with Crippen LogP contribution in [0.2, 0.25) is 0 Å². The molecular weight excluding hydrogens is 414 g/mol. The first-order valence-corrected chi connectivity index (χ1v) is 9.85. The first-order chi connectivity index (χ1) is 14.4. The summed E-state index contributed by atoms with van der Waals surface area (Å²) in [6, 6.07) is 11.0. The molecule has 9 heteroatoms. The molecule has 1 amide bonds. The smallest absolute Gasteiger partial charge is 0.325 e. The summed E-state index contributed by atoms with van der Waals surface area (Å²) in [4.78, 5) is 39.2. The van der Waals surface area contributed by atoms with Crippen molar-refractivity contribution in [3.8, 4) is 0 Å². The SMILES string of the molecule is COC(=O)Cn1c2c(sc1=O)[C@@H](c1ccc(F)cc1)CC(=O)N2c1ccc(F)cc1. The van der Waals surface area contributed by atoms with Crippen LogP contribution >= 0.6 is 11.3 Å². The van der Waals surface area contributed by atoms with Gasteiger partial charge in [0.2, 0.25) is 5.91 Å². The van der Waals surface area contributed by atoms with Gasteiger partial charge in [-0.25, -0.2) is 8.78 Å². The highest BCUT2D eigenvalue weighted by atomic mass is 32.1. The number of benzene rings is 2. The number of ether oxygens (including phenoxy) is 1. The molecule has 0 aliphatic carbocycles. The fourth-order valence-electron chi connectivity index (χ4n) is 3.50. The Morgan fingerprint density at radius 2 is 1.67 bits per heavy atom. The van der Waals surface area contributed by atoms with Crippen molar-refractivity contribution in [2.75, 3.05) is 12.0 Å². The molecule has 154 valence electrons. The van der Waals surface area contributed by atoms with Crippen LogP contribution in [0.15, 0.2) is 53.3 Å². The molecular formula is C21H16F2N2O4S. The Labute approximate surface area is 173 Å². The number of carbonyl (C=O) groups is 2. The fourth-order valence-corrected chi connectivity index (χ4v) is 4.61. The maximum absolute atomic E-state index is 13.4. The molecule has 30 heavy (non-hydrogen) atoms. The number of fused-ring (bicyclic) bond motifs is 1. The van der Waals surface area contributed by atoms with E-state index in [1.54, 1.807) is 12.1 Å². The lowest BCUT2D eigenvalue weighted by Crippen LogP contribution is -2.36. The largest absolute Gasteiger partial charge is 0.468 e. The zero-order chi connectivity index (χ0) is 21.4. The van der Waals surface area contributed by atoms with Crippen LogP contribution in [-0.2, 0) is 20.9 Å². The molecule has 2 aromatic carbocycles. The molecule has 3 aromatic rings. The third-order valence-electron chi connectivity index (χ3n) is 4.92. The molecule has 2 heterocycles. The minimum Gasteiger partial charge on any atom is -0.468 e. The van der Waals surface area contributed by atoms with Gasteiger partial charge in [-0.15, -0.1) is 0 Å². The van der Waals surface area contributed by atoms with Crippen molar-refractivity contribution < 1.29 is 23.1 Å². The van der Waals surface area contributed by atoms with Gasteiger partial charge in [0, 0.05) is 12.3 Å². The molecule has 1 aliphatic heterocycles. The zero-order valence-corrected chi connectivity index (χ0v) is 16.6. The van der Waals surface area contributed by atoms with Crippen LogP contribution in [0.3, 0.4) is 0 Å². The second kappa shape index (κ2) is 7.83.